The van der Waals surface area contributed by atoms with E-state index in [2.05, 4.69) is 26.6 Å². The van der Waals surface area contributed by atoms with Crippen molar-refractivity contribution in [2.45, 2.75) is 37.1 Å². The third-order valence-corrected chi connectivity index (χ3v) is 7.46. The quantitative estimate of drug-likeness (QED) is 0.336. The van der Waals surface area contributed by atoms with Gasteiger partial charge >= 0.3 is 0 Å². The summed E-state index contributed by atoms with van der Waals surface area (Å²) in [5.74, 6) is -0.708. The zero-order valence-electron chi connectivity index (χ0n) is 19.5. The van der Waals surface area contributed by atoms with Crippen molar-refractivity contribution in [3.63, 3.8) is 0 Å². The highest BCUT2D eigenvalue weighted by Gasteiger charge is 2.67. The van der Waals surface area contributed by atoms with Gasteiger partial charge in [-0.1, -0.05) is 30.3 Å². The molecule has 186 valence electrons. The van der Waals surface area contributed by atoms with Gasteiger partial charge in [0.25, 0.3) is 11.9 Å². The summed E-state index contributed by atoms with van der Waals surface area (Å²) in [5.41, 5.74) is 0.883. The van der Waals surface area contributed by atoms with Crippen LogP contribution in [0.4, 0.5) is 10.1 Å². The molecule has 0 saturated carbocycles. The van der Waals surface area contributed by atoms with Crippen LogP contribution in [0.15, 0.2) is 65.1 Å². The molecule has 8 nitrogen and oxygen atoms in total. The number of methoxy groups -OCH3 is 1. The van der Waals surface area contributed by atoms with E-state index in [0.717, 1.165) is 0 Å². The molecule has 0 radical (unpaired) electrons. The van der Waals surface area contributed by atoms with E-state index >= 15 is 0 Å². The highest BCUT2D eigenvalue weighted by Crippen LogP contribution is 2.51. The number of hydrogen-bond donors (Lipinski definition) is 2. The average molecular weight is 556 g/mol. The number of hydrogen-bond acceptors (Lipinski definition) is 6. The number of fused-ring (bicyclic) bond motifs is 2. The van der Waals surface area contributed by atoms with Crippen molar-refractivity contribution in [3.05, 3.63) is 97.8 Å². The fourth-order valence-corrected chi connectivity index (χ4v) is 5.98. The van der Waals surface area contributed by atoms with Gasteiger partial charge in [0.2, 0.25) is 0 Å². The van der Waals surface area contributed by atoms with E-state index in [-0.39, 0.29) is 17.3 Å². The van der Waals surface area contributed by atoms with E-state index in [0.29, 0.717) is 38.3 Å². The minimum absolute atomic E-state index is 0.102. The molecule has 2 N–H and O–H groups in total. The number of nitrogens with zero attached hydrogens (tertiary/aromatic N) is 1. The van der Waals surface area contributed by atoms with Crippen LogP contribution in [0.3, 0.4) is 0 Å². The Labute approximate surface area is 215 Å². The predicted octanol–water partition coefficient (Wildman–Crippen LogP) is 4.74. The van der Waals surface area contributed by atoms with Crippen molar-refractivity contribution in [1.29, 1.82) is 0 Å². The van der Waals surface area contributed by atoms with E-state index < -0.39 is 29.4 Å². The first kappa shape index (κ1) is 24.2. The average Bonchev–Trinajstić information content (AvgIpc) is 3.31. The normalized spacial score (nSPS) is 24.4. The van der Waals surface area contributed by atoms with Crippen molar-refractivity contribution in [2.75, 3.05) is 12.4 Å². The maximum absolute atomic E-state index is 13.5. The second kappa shape index (κ2) is 9.18. The van der Waals surface area contributed by atoms with Gasteiger partial charge in [0.15, 0.2) is 17.0 Å². The number of carbonyl (C=O) groups excluding carboxylic acids is 1. The Morgan fingerprint density at radius 1 is 1.17 bits per heavy atom. The van der Waals surface area contributed by atoms with Crippen LogP contribution in [0, 0.1) is 15.9 Å². The van der Waals surface area contributed by atoms with Gasteiger partial charge < -0.3 is 14.8 Å². The Morgan fingerprint density at radius 3 is 2.67 bits per heavy atom. The lowest BCUT2D eigenvalue weighted by atomic mass is 9.78. The predicted molar refractivity (Wildman–Crippen MR) is 134 cm³/mol. The van der Waals surface area contributed by atoms with Crippen molar-refractivity contribution in [3.8, 4) is 11.5 Å². The number of carbonyl (C=O) groups is 1. The Bertz CT molecular complexity index is 1370. The largest absolute Gasteiger partial charge is 0.493 e. The molecular formula is C26H23BrFN3O5. The molecule has 1 fully saturated rings. The second-order valence-corrected chi connectivity index (χ2v) is 9.80. The second-order valence-electron chi connectivity index (χ2n) is 8.95. The number of benzene rings is 3. The molecule has 2 heterocycles. The molecule has 1 spiro atoms. The molecule has 3 aromatic carbocycles. The number of nitro groups is 1. The summed E-state index contributed by atoms with van der Waals surface area (Å²) < 4.78 is 25.6. The Kier molecular flexibility index (Phi) is 6.17. The molecule has 10 heteroatoms. The SMILES string of the molecule is COc1cc([C@@H]2[C@H](C)N[C@@]3(C(=O)Nc4ccccc43)[C@H]2[N+](=O)[O-])cc(Br)c1OCc1cccc(F)c1. The van der Waals surface area contributed by atoms with E-state index in [1.54, 1.807) is 48.5 Å². The molecule has 4 atom stereocenters. The van der Waals surface area contributed by atoms with Crippen molar-refractivity contribution in [1.82, 2.24) is 5.32 Å². The van der Waals surface area contributed by atoms with Crippen LogP contribution in [-0.4, -0.2) is 30.0 Å². The van der Waals surface area contributed by atoms with E-state index in [1.807, 2.05) is 6.92 Å². The maximum Gasteiger partial charge on any atom is 0.256 e. The third kappa shape index (κ3) is 3.81. The molecular weight excluding hydrogens is 533 g/mol. The lowest BCUT2D eigenvalue weighted by Gasteiger charge is -2.25. The van der Waals surface area contributed by atoms with Crippen LogP contribution >= 0.6 is 15.9 Å². The number of halogens is 2. The van der Waals surface area contributed by atoms with Crippen LogP contribution < -0.4 is 20.1 Å². The van der Waals surface area contributed by atoms with Gasteiger partial charge in [-0.25, -0.2) is 4.39 Å². The van der Waals surface area contributed by atoms with Crippen molar-refractivity contribution in [2.24, 2.45) is 0 Å². The maximum atomic E-state index is 13.5. The number of amides is 1. The van der Waals surface area contributed by atoms with Gasteiger partial charge in [0.05, 0.1) is 17.5 Å². The lowest BCUT2D eigenvalue weighted by Crippen LogP contribution is -2.54. The molecule has 2 aliphatic heterocycles. The number of anilines is 1. The fraction of sp³-hybridized carbons (Fsp3) is 0.269. The van der Waals surface area contributed by atoms with Gasteiger partial charge in [0, 0.05) is 22.2 Å². The summed E-state index contributed by atoms with van der Waals surface area (Å²) in [6.45, 7) is 1.93. The Morgan fingerprint density at radius 2 is 1.94 bits per heavy atom. The molecule has 2 aliphatic rings. The van der Waals surface area contributed by atoms with Gasteiger partial charge in [0.1, 0.15) is 12.4 Å². The van der Waals surface area contributed by atoms with E-state index in [4.69, 9.17) is 9.47 Å². The minimum atomic E-state index is -1.50. The summed E-state index contributed by atoms with van der Waals surface area (Å²) in [6.07, 6.45) is 0. The zero-order valence-corrected chi connectivity index (χ0v) is 21.0. The molecule has 36 heavy (non-hydrogen) atoms. The van der Waals surface area contributed by atoms with Gasteiger partial charge in [-0.05, 0) is 64.3 Å². The first-order valence-electron chi connectivity index (χ1n) is 11.3. The number of nitrogens with one attached hydrogen (secondary N) is 2. The zero-order chi connectivity index (χ0) is 25.6. The topological polar surface area (TPSA) is 103 Å². The molecule has 5 rings (SSSR count). The summed E-state index contributed by atoms with van der Waals surface area (Å²) in [7, 11) is 1.48. The van der Waals surface area contributed by atoms with Crippen LogP contribution in [0.5, 0.6) is 11.5 Å². The Balaban J connectivity index is 1.53. The smallest absolute Gasteiger partial charge is 0.256 e. The first-order chi connectivity index (χ1) is 17.3. The first-order valence-corrected chi connectivity index (χ1v) is 12.1. The number of para-hydroxylation sites is 1. The molecule has 0 bridgehead atoms. The number of ether oxygens (including phenoxy) is 2. The van der Waals surface area contributed by atoms with Crippen LogP contribution in [0.2, 0.25) is 0 Å². The van der Waals surface area contributed by atoms with E-state index in [1.165, 1.54) is 19.2 Å². The molecule has 0 aromatic heterocycles. The van der Waals surface area contributed by atoms with E-state index in [9.17, 15) is 19.3 Å². The highest BCUT2D eigenvalue weighted by molar-refractivity contribution is 9.10. The summed E-state index contributed by atoms with van der Waals surface area (Å²) in [6, 6.07) is 14.9. The monoisotopic (exact) mass is 555 g/mol. The molecule has 1 amide bonds. The molecule has 1 saturated heterocycles. The summed E-state index contributed by atoms with van der Waals surface area (Å²) in [5, 5.41) is 18.6. The summed E-state index contributed by atoms with van der Waals surface area (Å²) in [4.78, 5) is 25.4. The lowest BCUT2D eigenvalue weighted by molar-refractivity contribution is -0.532. The minimum Gasteiger partial charge on any atom is -0.493 e. The molecule has 0 unspecified atom stereocenters. The van der Waals surface area contributed by atoms with Gasteiger partial charge in [-0.3, -0.25) is 20.2 Å². The van der Waals surface area contributed by atoms with Gasteiger partial charge in [-0.2, -0.15) is 0 Å². The Hall–Kier alpha value is -3.50. The van der Waals surface area contributed by atoms with Crippen LogP contribution in [-0.2, 0) is 16.9 Å². The highest BCUT2D eigenvalue weighted by atomic mass is 79.9. The van der Waals surface area contributed by atoms with Crippen molar-refractivity contribution >= 4 is 27.5 Å². The summed E-state index contributed by atoms with van der Waals surface area (Å²) >= 11 is 3.51. The molecule has 0 aliphatic carbocycles. The number of rotatable bonds is 6. The van der Waals surface area contributed by atoms with Crippen LogP contribution in [0.1, 0.15) is 29.5 Å². The van der Waals surface area contributed by atoms with Crippen LogP contribution in [0.25, 0.3) is 0 Å². The van der Waals surface area contributed by atoms with Crippen molar-refractivity contribution < 1.29 is 23.6 Å². The molecule has 3 aromatic rings. The third-order valence-electron chi connectivity index (χ3n) is 6.87. The fourth-order valence-electron chi connectivity index (χ4n) is 5.41. The van der Waals surface area contributed by atoms with Gasteiger partial charge in [-0.15, -0.1) is 0 Å². The standard InChI is InChI=1S/C26H23BrFN3O5/c1-14-22(24(31(33)34)26(30-14)18-8-3-4-9-20(18)29-25(26)32)16-11-19(27)23(21(12-16)35-2)36-13-15-6-5-7-17(28)10-15/h3-12,14,22,24,30H,13H2,1-2H3,(H,29,32)/t14-,22-,24-,26+/m0/s1.